The highest BCUT2D eigenvalue weighted by Gasteiger charge is 2.01. The van der Waals surface area contributed by atoms with Crippen molar-refractivity contribution in [1.29, 1.82) is 0 Å². The average Bonchev–Trinajstić information content (AvgIpc) is 2.63. The second-order valence-corrected chi connectivity index (χ2v) is 4.80. The van der Waals surface area contributed by atoms with Crippen molar-refractivity contribution in [3.8, 4) is 0 Å². The molecule has 0 amide bonds. The molecule has 0 radical (unpaired) electrons. The molecule has 0 aliphatic carbocycles. The predicted molar refractivity (Wildman–Crippen MR) is 63.4 cm³/mol. The molecule has 0 aliphatic heterocycles. The number of hydrogen-bond acceptors (Lipinski definition) is 4. The Bertz CT molecular complexity index is 455. The Morgan fingerprint density at radius 2 is 2.33 bits per heavy atom. The van der Waals surface area contributed by atoms with Gasteiger partial charge in [0.1, 0.15) is 5.82 Å². The van der Waals surface area contributed by atoms with Crippen LogP contribution in [-0.2, 0) is 6.54 Å². The first kappa shape index (κ1) is 10.4. The number of anilines is 1. The van der Waals surface area contributed by atoms with Crippen molar-refractivity contribution in [2.45, 2.75) is 13.5 Å². The topological polar surface area (TPSA) is 37.8 Å². The van der Waals surface area contributed by atoms with Crippen molar-refractivity contribution in [3.63, 3.8) is 0 Å². The molecule has 0 atom stereocenters. The summed E-state index contributed by atoms with van der Waals surface area (Å²) in [4.78, 5) is 9.32. The van der Waals surface area contributed by atoms with Gasteiger partial charge in [0.15, 0.2) is 4.47 Å². The fourth-order valence-corrected chi connectivity index (χ4v) is 2.12. The summed E-state index contributed by atoms with van der Waals surface area (Å²) in [5.74, 6) is 0.905. The molecule has 15 heavy (non-hydrogen) atoms. The fourth-order valence-electron chi connectivity index (χ4n) is 1.21. The van der Waals surface area contributed by atoms with E-state index in [0.29, 0.717) is 11.0 Å². The van der Waals surface area contributed by atoms with Crippen molar-refractivity contribution in [2.75, 3.05) is 5.32 Å². The van der Waals surface area contributed by atoms with Crippen LogP contribution in [0.15, 0.2) is 24.5 Å². The van der Waals surface area contributed by atoms with Crippen molar-refractivity contribution in [3.05, 3.63) is 39.4 Å². The fraction of sp³-hybridized carbons (Fsp3) is 0.200. The van der Waals surface area contributed by atoms with E-state index in [4.69, 9.17) is 11.6 Å². The number of aromatic nitrogens is 2. The summed E-state index contributed by atoms with van der Waals surface area (Å²) in [6.07, 6.45) is 3.55. The SMILES string of the molecule is Cc1cccnc1NCc1cnc(Cl)s1. The Kier molecular flexibility index (Phi) is 3.18. The number of aryl methyl sites for hydroxylation is 1. The maximum atomic E-state index is 5.74. The van der Waals surface area contributed by atoms with Crippen molar-refractivity contribution in [1.82, 2.24) is 9.97 Å². The molecule has 2 aromatic rings. The molecule has 0 fully saturated rings. The minimum atomic E-state index is 0.574. The number of nitrogens with one attached hydrogen (secondary N) is 1. The highest BCUT2D eigenvalue weighted by molar-refractivity contribution is 7.15. The van der Waals surface area contributed by atoms with Crippen molar-refractivity contribution in [2.24, 2.45) is 0 Å². The zero-order valence-electron chi connectivity index (χ0n) is 8.20. The lowest BCUT2D eigenvalue weighted by molar-refractivity contribution is 1.11. The lowest BCUT2D eigenvalue weighted by Crippen LogP contribution is -2.01. The standard InChI is InChI=1S/C10H10ClN3S/c1-7-3-2-4-12-9(7)13-5-8-6-14-10(11)15-8/h2-4,6H,5H2,1H3,(H,12,13). The smallest absolute Gasteiger partial charge is 0.183 e. The van der Waals surface area contributed by atoms with Gasteiger partial charge in [-0.2, -0.15) is 0 Å². The number of nitrogens with zero attached hydrogens (tertiary/aromatic N) is 2. The third kappa shape index (κ3) is 2.67. The summed E-state index contributed by atoms with van der Waals surface area (Å²) in [6.45, 7) is 2.73. The van der Waals surface area contributed by atoms with Crippen LogP contribution in [-0.4, -0.2) is 9.97 Å². The van der Waals surface area contributed by atoms with Crippen LogP contribution < -0.4 is 5.32 Å². The first-order chi connectivity index (χ1) is 7.25. The van der Waals surface area contributed by atoms with Crippen molar-refractivity contribution < 1.29 is 0 Å². The van der Waals surface area contributed by atoms with Gasteiger partial charge in [-0.25, -0.2) is 9.97 Å². The zero-order valence-corrected chi connectivity index (χ0v) is 9.77. The molecule has 0 saturated heterocycles. The van der Waals surface area contributed by atoms with E-state index in [2.05, 4.69) is 15.3 Å². The maximum absolute atomic E-state index is 5.74. The van der Waals surface area contributed by atoms with Gasteiger partial charge in [0.25, 0.3) is 0 Å². The van der Waals surface area contributed by atoms with Gasteiger partial charge in [-0.05, 0) is 18.6 Å². The second kappa shape index (κ2) is 4.59. The summed E-state index contributed by atoms with van der Waals surface area (Å²) in [5.41, 5.74) is 1.13. The zero-order chi connectivity index (χ0) is 10.7. The largest absolute Gasteiger partial charge is 0.365 e. The minimum Gasteiger partial charge on any atom is -0.365 e. The van der Waals surface area contributed by atoms with Gasteiger partial charge in [0.2, 0.25) is 0 Å². The van der Waals surface area contributed by atoms with Crippen LogP contribution in [0.3, 0.4) is 0 Å². The molecular formula is C10H10ClN3S. The van der Waals surface area contributed by atoms with E-state index in [1.165, 1.54) is 11.3 Å². The molecule has 0 aromatic carbocycles. The highest BCUT2D eigenvalue weighted by atomic mass is 35.5. The third-order valence-electron chi connectivity index (χ3n) is 1.96. The molecular weight excluding hydrogens is 230 g/mol. The van der Waals surface area contributed by atoms with Crippen LogP contribution in [0.5, 0.6) is 0 Å². The lowest BCUT2D eigenvalue weighted by atomic mass is 10.3. The van der Waals surface area contributed by atoms with Crippen molar-refractivity contribution >= 4 is 28.8 Å². The second-order valence-electron chi connectivity index (χ2n) is 3.10. The highest BCUT2D eigenvalue weighted by Crippen LogP contribution is 2.19. The van der Waals surface area contributed by atoms with E-state index < -0.39 is 0 Å². The van der Waals surface area contributed by atoms with E-state index in [1.807, 2.05) is 19.1 Å². The van der Waals surface area contributed by atoms with Crippen LogP contribution >= 0.6 is 22.9 Å². The third-order valence-corrected chi connectivity index (χ3v) is 3.08. The summed E-state index contributed by atoms with van der Waals surface area (Å²) in [5, 5.41) is 3.24. The number of halogens is 1. The molecule has 3 nitrogen and oxygen atoms in total. The summed E-state index contributed by atoms with van der Waals surface area (Å²) in [7, 11) is 0. The number of thiazole rings is 1. The first-order valence-corrected chi connectivity index (χ1v) is 5.71. The molecule has 5 heteroatoms. The Morgan fingerprint density at radius 1 is 1.47 bits per heavy atom. The van der Waals surface area contributed by atoms with Crippen LogP contribution in [0.1, 0.15) is 10.4 Å². The summed E-state index contributed by atoms with van der Waals surface area (Å²) < 4.78 is 0.574. The molecule has 2 heterocycles. The van der Waals surface area contributed by atoms with Gasteiger partial charge in [-0.1, -0.05) is 17.7 Å². The number of rotatable bonds is 3. The quantitative estimate of drug-likeness (QED) is 0.895. The average molecular weight is 240 g/mol. The van der Waals surface area contributed by atoms with Gasteiger partial charge in [-0.15, -0.1) is 11.3 Å². The number of hydrogen-bond donors (Lipinski definition) is 1. The maximum Gasteiger partial charge on any atom is 0.183 e. The van der Waals surface area contributed by atoms with Crippen LogP contribution in [0.4, 0.5) is 5.82 Å². The van der Waals surface area contributed by atoms with Gasteiger partial charge < -0.3 is 5.32 Å². The Morgan fingerprint density at radius 3 is 3.00 bits per heavy atom. The summed E-state index contributed by atoms with van der Waals surface area (Å²) in [6, 6.07) is 3.94. The molecule has 0 saturated carbocycles. The van der Waals surface area contributed by atoms with E-state index in [-0.39, 0.29) is 0 Å². The predicted octanol–water partition coefficient (Wildman–Crippen LogP) is 3.11. The van der Waals surface area contributed by atoms with Gasteiger partial charge >= 0.3 is 0 Å². The Hall–Kier alpha value is -1.13. The Labute approximate surface area is 97.2 Å². The molecule has 2 aromatic heterocycles. The molecule has 2 rings (SSSR count). The molecule has 1 N–H and O–H groups in total. The van der Waals surface area contributed by atoms with E-state index in [0.717, 1.165) is 16.3 Å². The number of pyridine rings is 1. The molecule has 0 spiro atoms. The van der Waals surface area contributed by atoms with E-state index >= 15 is 0 Å². The summed E-state index contributed by atoms with van der Waals surface area (Å²) >= 11 is 7.21. The first-order valence-electron chi connectivity index (χ1n) is 4.51. The molecule has 0 unspecified atom stereocenters. The van der Waals surface area contributed by atoms with E-state index in [9.17, 15) is 0 Å². The monoisotopic (exact) mass is 239 g/mol. The van der Waals surface area contributed by atoms with Crippen LogP contribution in [0.2, 0.25) is 4.47 Å². The lowest BCUT2D eigenvalue weighted by Gasteiger charge is -2.05. The Balaban J connectivity index is 2.02. The van der Waals surface area contributed by atoms with Gasteiger partial charge in [0, 0.05) is 17.3 Å². The molecule has 78 valence electrons. The van der Waals surface area contributed by atoms with Crippen LogP contribution in [0, 0.1) is 6.92 Å². The van der Waals surface area contributed by atoms with E-state index in [1.54, 1.807) is 12.4 Å². The molecule has 0 bridgehead atoms. The van der Waals surface area contributed by atoms with Gasteiger partial charge in [-0.3, -0.25) is 0 Å². The van der Waals surface area contributed by atoms with Crippen LogP contribution in [0.25, 0.3) is 0 Å². The van der Waals surface area contributed by atoms with Gasteiger partial charge in [0.05, 0.1) is 6.54 Å². The normalized spacial score (nSPS) is 10.3. The minimum absolute atomic E-state index is 0.574. The molecule has 0 aliphatic rings.